The molecule has 4 heteroatoms. The van der Waals surface area contributed by atoms with Crippen LogP contribution in [0, 0.1) is 11.3 Å². The molecule has 16 heavy (non-hydrogen) atoms. The van der Waals surface area contributed by atoms with Gasteiger partial charge in [0.2, 0.25) is 5.91 Å². The lowest BCUT2D eigenvalue weighted by molar-refractivity contribution is -0.121. The Kier molecular flexibility index (Phi) is 5.44. The second kappa shape index (κ2) is 6.91. The number of carbonyl (C=O) groups excluding carboxylic acids is 1. The van der Waals surface area contributed by atoms with Gasteiger partial charge in [0.1, 0.15) is 5.92 Å². The largest absolute Gasteiger partial charge is 0.354 e. The molecule has 0 saturated heterocycles. The summed E-state index contributed by atoms with van der Waals surface area (Å²) in [6, 6.07) is 11.1. The third-order valence-electron chi connectivity index (χ3n) is 2.13. The lowest BCUT2D eigenvalue weighted by Crippen LogP contribution is -2.30. The lowest BCUT2D eigenvalue weighted by Gasteiger charge is -2.09. The summed E-state index contributed by atoms with van der Waals surface area (Å²) in [6.07, 6.45) is 1.98. The van der Waals surface area contributed by atoms with Gasteiger partial charge in [-0.05, 0) is 11.8 Å². The SMILES string of the molecule is CSCCNC(=O)C(C#N)c1ccccc1. The van der Waals surface area contributed by atoms with E-state index in [2.05, 4.69) is 5.32 Å². The zero-order valence-electron chi connectivity index (χ0n) is 9.14. The van der Waals surface area contributed by atoms with Crippen molar-refractivity contribution < 1.29 is 4.79 Å². The van der Waals surface area contributed by atoms with Gasteiger partial charge in [0.25, 0.3) is 0 Å². The molecule has 84 valence electrons. The molecular formula is C12H14N2OS. The quantitative estimate of drug-likeness (QED) is 0.790. The summed E-state index contributed by atoms with van der Waals surface area (Å²) in [5, 5.41) is 11.7. The fraction of sp³-hybridized carbons (Fsp3) is 0.333. The highest BCUT2D eigenvalue weighted by Gasteiger charge is 2.18. The zero-order valence-corrected chi connectivity index (χ0v) is 9.96. The zero-order chi connectivity index (χ0) is 11.8. The molecule has 0 bridgehead atoms. The molecule has 1 rings (SSSR count). The number of hydrogen-bond donors (Lipinski definition) is 1. The molecule has 3 nitrogen and oxygen atoms in total. The van der Waals surface area contributed by atoms with Crippen LogP contribution >= 0.6 is 11.8 Å². The van der Waals surface area contributed by atoms with E-state index >= 15 is 0 Å². The highest BCUT2D eigenvalue weighted by Crippen LogP contribution is 2.14. The van der Waals surface area contributed by atoms with Crippen LogP contribution in [0.3, 0.4) is 0 Å². The number of nitrogens with zero attached hydrogens (tertiary/aromatic N) is 1. The molecule has 0 aliphatic rings. The average Bonchev–Trinajstić information content (AvgIpc) is 2.32. The van der Waals surface area contributed by atoms with Crippen molar-refractivity contribution in [3.05, 3.63) is 35.9 Å². The van der Waals surface area contributed by atoms with E-state index in [0.717, 1.165) is 11.3 Å². The first-order chi connectivity index (χ1) is 7.79. The number of nitriles is 1. The summed E-state index contributed by atoms with van der Waals surface area (Å²) in [5.74, 6) is -0.0654. The molecule has 0 heterocycles. The summed E-state index contributed by atoms with van der Waals surface area (Å²) in [6.45, 7) is 0.602. The first-order valence-electron chi connectivity index (χ1n) is 5.00. The standard InChI is InChI=1S/C12H14N2OS/c1-16-8-7-14-12(15)11(9-13)10-5-3-2-4-6-10/h2-6,11H,7-8H2,1H3,(H,14,15). The maximum atomic E-state index is 11.7. The minimum atomic E-state index is -0.706. The Bertz CT molecular complexity index is 372. The molecule has 0 aliphatic carbocycles. The van der Waals surface area contributed by atoms with Gasteiger partial charge in [0.15, 0.2) is 0 Å². The molecule has 0 aromatic heterocycles. The summed E-state index contributed by atoms with van der Waals surface area (Å²) >= 11 is 1.66. The van der Waals surface area contributed by atoms with Crippen LogP contribution in [-0.2, 0) is 4.79 Å². The second-order valence-electron chi connectivity index (χ2n) is 3.26. The van der Waals surface area contributed by atoms with Crippen LogP contribution < -0.4 is 5.32 Å². The number of thioether (sulfide) groups is 1. The molecule has 1 amide bonds. The first kappa shape index (κ1) is 12.6. The van der Waals surface area contributed by atoms with E-state index in [4.69, 9.17) is 5.26 Å². The Morgan fingerprint density at radius 1 is 1.50 bits per heavy atom. The van der Waals surface area contributed by atoms with Gasteiger partial charge in [0.05, 0.1) is 6.07 Å². The predicted molar refractivity (Wildman–Crippen MR) is 66.2 cm³/mol. The second-order valence-corrected chi connectivity index (χ2v) is 4.24. The number of benzene rings is 1. The summed E-state index contributed by atoms with van der Waals surface area (Å²) in [5.41, 5.74) is 0.742. The first-order valence-corrected chi connectivity index (χ1v) is 6.40. The van der Waals surface area contributed by atoms with E-state index in [9.17, 15) is 4.79 Å². The monoisotopic (exact) mass is 234 g/mol. The van der Waals surface area contributed by atoms with Crippen LogP contribution in [0.1, 0.15) is 11.5 Å². The smallest absolute Gasteiger partial charge is 0.241 e. The minimum absolute atomic E-state index is 0.220. The highest BCUT2D eigenvalue weighted by atomic mass is 32.2. The molecule has 0 radical (unpaired) electrons. The molecule has 1 aromatic carbocycles. The minimum Gasteiger partial charge on any atom is -0.354 e. The van der Waals surface area contributed by atoms with Crippen molar-refractivity contribution in [2.45, 2.75) is 5.92 Å². The van der Waals surface area contributed by atoms with Crippen molar-refractivity contribution in [1.82, 2.24) is 5.32 Å². The maximum Gasteiger partial charge on any atom is 0.241 e. The van der Waals surface area contributed by atoms with E-state index in [1.165, 1.54) is 0 Å². The average molecular weight is 234 g/mol. The molecule has 0 aliphatic heterocycles. The van der Waals surface area contributed by atoms with E-state index < -0.39 is 5.92 Å². The Balaban J connectivity index is 2.62. The summed E-state index contributed by atoms with van der Waals surface area (Å²) in [7, 11) is 0. The number of rotatable bonds is 5. The van der Waals surface area contributed by atoms with Gasteiger partial charge < -0.3 is 5.32 Å². The molecular weight excluding hydrogens is 220 g/mol. The molecule has 0 saturated carbocycles. The summed E-state index contributed by atoms with van der Waals surface area (Å²) < 4.78 is 0. The fourth-order valence-electron chi connectivity index (χ4n) is 1.31. The Labute approximate surface area is 99.8 Å². The molecule has 1 N–H and O–H groups in total. The normalized spacial score (nSPS) is 11.5. The van der Waals surface area contributed by atoms with Gasteiger partial charge in [-0.2, -0.15) is 17.0 Å². The number of amides is 1. The van der Waals surface area contributed by atoms with Crippen LogP contribution in [0.4, 0.5) is 0 Å². The summed E-state index contributed by atoms with van der Waals surface area (Å²) in [4.78, 5) is 11.7. The predicted octanol–water partition coefficient (Wildman–Crippen LogP) is 1.77. The van der Waals surface area contributed by atoms with Crippen molar-refractivity contribution in [2.24, 2.45) is 0 Å². The molecule has 1 atom stereocenters. The lowest BCUT2D eigenvalue weighted by atomic mass is 10.00. The van der Waals surface area contributed by atoms with Gasteiger partial charge in [-0.3, -0.25) is 4.79 Å². The van der Waals surface area contributed by atoms with E-state index in [1.54, 1.807) is 23.9 Å². The topological polar surface area (TPSA) is 52.9 Å². The Hall–Kier alpha value is -1.47. The highest BCUT2D eigenvalue weighted by molar-refractivity contribution is 7.98. The van der Waals surface area contributed by atoms with Gasteiger partial charge in [-0.15, -0.1) is 0 Å². The van der Waals surface area contributed by atoms with Crippen LogP contribution in [0.5, 0.6) is 0 Å². The Morgan fingerprint density at radius 2 is 2.19 bits per heavy atom. The fourth-order valence-corrected chi connectivity index (χ4v) is 1.61. The molecule has 0 fully saturated rings. The van der Waals surface area contributed by atoms with Gasteiger partial charge in [-0.1, -0.05) is 30.3 Å². The van der Waals surface area contributed by atoms with Crippen molar-refractivity contribution in [3.8, 4) is 6.07 Å². The van der Waals surface area contributed by atoms with E-state index in [1.807, 2.05) is 30.5 Å². The van der Waals surface area contributed by atoms with Crippen molar-refractivity contribution >= 4 is 17.7 Å². The maximum absolute atomic E-state index is 11.7. The molecule has 1 unspecified atom stereocenters. The van der Waals surface area contributed by atoms with Crippen molar-refractivity contribution in [2.75, 3.05) is 18.6 Å². The molecule has 0 spiro atoms. The van der Waals surface area contributed by atoms with Gasteiger partial charge >= 0.3 is 0 Å². The van der Waals surface area contributed by atoms with Gasteiger partial charge in [-0.25, -0.2) is 0 Å². The number of nitrogens with one attached hydrogen (secondary N) is 1. The van der Waals surface area contributed by atoms with Crippen LogP contribution in [0.25, 0.3) is 0 Å². The van der Waals surface area contributed by atoms with Crippen LogP contribution in [0.2, 0.25) is 0 Å². The number of carbonyl (C=O) groups is 1. The number of hydrogen-bond acceptors (Lipinski definition) is 3. The van der Waals surface area contributed by atoms with Crippen molar-refractivity contribution in [3.63, 3.8) is 0 Å². The third-order valence-corrected chi connectivity index (χ3v) is 2.74. The van der Waals surface area contributed by atoms with E-state index in [-0.39, 0.29) is 5.91 Å². The van der Waals surface area contributed by atoms with E-state index in [0.29, 0.717) is 6.54 Å². The Morgan fingerprint density at radius 3 is 2.75 bits per heavy atom. The van der Waals surface area contributed by atoms with Gasteiger partial charge in [0, 0.05) is 12.3 Å². The van der Waals surface area contributed by atoms with Crippen molar-refractivity contribution in [1.29, 1.82) is 5.26 Å². The van der Waals surface area contributed by atoms with Crippen LogP contribution in [0.15, 0.2) is 30.3 Å². The van der Waals surface area contributed by atoms with Crippen LogP contribution in [-0.4, -0.2) is 24.5 Å². The molecule has 1 aromatic rings. The third kappa shape index (κ3) is 3.59.